The van der Waals surface area contributed by atoms with E-state index < -0.39 is 11.6 Å². The van der Waals surface area contributed by atoms with Gasteiger partial charge in [-0.15, -0.1) is 0 Å². The molecule has 2 aliphatic heterocycles. The van der Waals surface area contributed by atoms with Gasteiger partial charge in [0.25, 0.3) is 0 Å². The van der Waals surface area contributed by atoms with Gasteiger partial charge in [0.15, 0.2) is 12.5 Å². The molecule has 3 aliphatic rings. The first kappa shape index (κ1) is 28.2. The first-order valence-electron chi connectivity index (χ1n) is 14.6. The smallest absolute Gasteiger partial charge is 0.200 e. The number of nitrogens with one attached hydrogen (secondary N) is 2. The Hall–Kier alpha value is -4.62. The summed E-state index contributed by atoms with van der Waals surface area (Å²) in [6, 6.07) is 13.3. The van der Waals surface area contributed by atoms with Crippen molar-refractivity contribution in [3.63, 3.8) is 0 Å². The molecule has 0 radical (unpaired) electrons. The lowest BCUT2D eigenvalue weighted by molar-refractivity contribution is 0.0173. The maximum atomic E-state index is 13.9. The summed E-state index contributed by atoms with van der Waals surface area (Å²) in [6.07, 6.45) is 2.63. The van der Waals surface area contributed by atoms with Crippen LogP contribution < -0.4 is 10.6 Å². The number of rotatable bonds is 10. The number of aromatic hydroxyl groups is 2. The highest BCUT2D eigenvalue weighted by atomic mass is 16.5. The molecule has 2 atom stereocenters. The van der Waals surface area contributed by atoms with Gasteiger partial charge in [-0.2, -0.15) is 0 Å². The largest absolute Gasteiger partial charge is 0.507 e. The van der Waals surface area contributed by atoms with Crippen LogP contribution in [0.1, 0.15) is 55.8 Å². The maximum absolute atomic E-state index is 13.9. The topological polar surface area (TPSA) is 150 Å². The lowest BCUT2D eigenvalue weighted by atomic mass is 9.81. The van der Waals surface area contributed by atoms with Gasteiger partial charge in [0.05, 0.1) is 48.0 Å². The molecule has 0 spiro atoms. The SMILES string of the molecule is O=C1c2c(O)ccc(O)c2C(=O)c2c(NCCN3CCOC3c3ccco3)ccc(NCCN3CCOC3c3ccco3)c21. The van der Waals surface area contributed by atoms with E-state index in [1.54, 1.807) is 24.7 Å². The molecule has 2 fully saturated rings. The zero-order valence-electron chi connectivity index (χ0n) is 23.8. The van der Waals surface area contributed by atoms with Crippen molar-refractivity contribution in [3.05, 3.63) is 94.8 Å². The Morgan fingerprint density at radius 2 is 1.11 bits per heavy atom. The van der Waals surface area contributed by atoms with Crippen LogP contribution in [0.4, 0.5) is 11.4 Å². The zero-order valence-corrected chi connectivity index (χ0v) is 23.8. The molecule has 228 valence electrons. The quantitative estimate of drug-likeness (QED) is 0.172. The summed E-state index contributed by atoms with van der Waals surface area (Å²) in [5.74, 6) is -0.368. The van der Waals surface area contributed by atoms with Gasteiger partial charge in [-0.25, -0.2) is 0 Å². The predicted molar refractivity (Wildman–Crippen MR) is 158 cm³/mol. The van der Waals surface area contributed by atoms with Crippen LogP contribution in [0.25, 0.3) is 0 Å². The number of phenols is 2. The number of phenolic OH excluding ortho intramolecular Hbond substituents is 2. The third-order valence-electron chi connectivity index (χ3n) is 8.25. The van der Waals surface area contributed by atoms with Crippen molar-refractivity contribution in [2.75, 3.05) is 63.1 Å². The van der Waals surface area contributed by atoms with Crippen LogP contribution in [0.2, 0.25) is 0 Å². The molecule has 44 heavy (non-hydrogen) atoms. The summed E-state index contributed by atoms with van der Waals surface area (Å²) < 4.78 is 22.8. The van der Waals surface area contributed by atoms with Gasteiger partial charge in [-0.05, 0) is 48.5 Å². The highest BCUT2D eigenvalue weighted by Gasteiger charge is 2.38. The van der Waals surface area contributed by atoms with Crippen LogP contribution >= 0.6 is 0 Å². The Morgan fingerprint density at radius 3 is 1.52 bits per heavy atom. The van der Waals surface area contributed by atoms with Gasteiger partial charge in [-0.1, -0.05) is 0 Å². The monoisotopic (exact) mass is 600 g/mol. The van der Waals surface area contributed by atoms with E-state index in [4.69, 9.17) is 18.3 Å². The van der Waals surface area contributed by atoms with Crippen LogP contribution in [-0.4, -0.2) is 84.1 Å². The summed E-state index contributed by atoms with van der Waals surface area (Å²) in [7, 11) is 0. The van der Waals surface area contributed by atoms with Crippen molar-refractivity contribution in [2.24, 2.45) is 0 Å². The Labute approximate surface area is 252 Å². The van der Waals surface area contributed by atoms with E-state index in [2.05, 4.69) is 20.4 Å². The maximum Gasteiger partial charge on any atom is 0.200 e. The number of furan rings is 2. The molecule has 2 aromatic carbocycles. The van der Waals surface area contributed by atoms with Crippen molar-refractivity contribution >= 4 is 22.9 Å². The molecule has 12 heteroatoms. The predicted octanol–water partition coefficient (Wildman–Crippen LogP) is 3.95. The average molecular weight is 601 g/mol. The number of fused-ring (bicyclic) bond motifs is 2. The van der Waals surface area contributed by atoms with E-state index in [1.165, 1.54) is 12.1 Å². The van der Waals surface area contributed by atoms with E-state index in [0.717, 1.165) is 24.6 Å². The molecule has 4 aromatic rings. The standard InChI is InChI=1S/C32H32N4O8/c37-21-7-8-22(38)28-27(21)29(39)25-19(33-9-11-35-13-17-43-31(35)23-3-1-15-41-23)5-6-20(26(25)30(28)40)34-10-12-36-14-18-44-32(36)24-4-2-16-42-24/h1-8,15-16,31-34,37-38H,9-14,17-18H2. The van der Waals surface area contributed by atoms with E-state index in [0.29, 0.717) is 50.8 Å². The third kappa shape index (κ3) is 5.01. The Morgan fingerprint density at radius 1 is 0.659 bits per heavy atom. The lowest BCUT2D eigenvalue weighted by Crippen LogP contribution is -2.31. The van der Waals surface area contributed by atoms with Crippen molar-refractivity contribution in [2.45, 2.75) is 12.5 Å². The number of carbonyl (C=O) groups is 2. The number of hydrogen-bond donors (Lipinski definition) is 4. The van der Waals surface area contributed by atoms with Gasteiger partial charge >= 0.3 is 0 Å². The van der Waals surface area contributed by atoms with Crippen LogP contribution in [0, 0.1) is 0 Å². The molecular formula is C32H32N4O8. The fourth-order valence-electron chi connectivity index (χ4n) is 6.18. The molecular weight excluding hydrogens is 568 g/mol. The average Bonchev–Trinajstić information content (AvgIpc) is 3.84. The number of nitrogens with zero attached hydrogens (tertiary/aromatic N) is 2. The summed E-state index contributed by atoms with van der Waals surface area (Å²) in [5, 5.41) is 27.8. The van der Waals surface area contributed by atoms with Crippen LogP contribution in [-0.2, 0) is 9.47 Å². The second kappa shape index (κ2) is 11.8. The molecule has 2 aromatic heterocycles. The Balaban J connectivity index is 1.13. The Bertz CT molecular complexity index is 1550. The number of hydrogen-bond acceptors (Lipinski definition) is 12. The van der Waals surface area contributed by atoms with Crippen LogP contribution in [0.15, 0.2) is 69.9 Å². The number of anilines is 2. The number of benzene rings is 2. The normalized spacial score (nSPS) is 20.2. The van der Waals surface area contributed by atoms with E-state index >= 15 is 0 Å². The van der Waals surface area contributed by atoms with Crippen LogP contribution in [0.3, 0.4) is 0 Å². The highest BCUT2D eigenvalue weighted by Crippen LogP contribution is 2.42. The molecule has 0 bridgehead atoms. The molecule has 7 rings (SSSR count). The second-order valence-corrected chi connectivity index (χ2v) is 10.8. The van der Waals surface area contributed by atoms with E-state index in [1.807, 2.05) is 24.3 Å². The first-order valence-corrected chi connectivity index (χ1v) is 14.6. The molecule has 4 N–H and O–H groups in total. The minimum absolute atomic E-state index is 0.145. The summed E-state index contributed by atoms with van der Waals surface area (Å²) in [4.78, 5) is 32.1. The van der Waals surface area contributed by atoms with Gasteiger partial charge in [0, 0.05) is 50.6 Å². The van der Waals surface area contributed by atoms with Gasteiger partial charge in [0.2, 0.25) is 11.6 Å². The second-order valence-electron chi connectivity index (χ2n) is 10.8. The molecule has 12 nitrogen and oxygen atoms in total. The number of ether oxygens (including phenoxy) is 2. The van der Waals surface area contributed by atoms with Crippen molar-refractivity contribution in [1.29, 1.82) is 0 Å². The van der Waals surface area contributed by atoms with Crippen molar-refractivity contribution < 1.29 is 38.1 Å². The molecule has 2 saturated heterocycles. The zero-order chi connectivity index (χ0) is 30.2. The molecule has 0 amide bonds. The van der Waals surface area contributed by atoms with Crippen molar-refractivity contribution in [3.8, 4) is 11.5 Å². The lowest BCUT2D eigenvalue weighted by Gasteiger charge is -2.26. The molecule has 2 unspecified atom stereocenters. The van der Waals surface area contributed by atoms with Gasteiger partial charge in [-0.3, -0.25) is 19.4 Å². The minimum atomic E-state index is -0.544. The Kier molecular flexibility index (Phi) is 7.56. The summed E-state index contributed by atoms with van der Waals surface area (Å²) >= 11 is 0. The molecule has 1 aliphatic carbocycles. The fourth-order valence-corrected chi connectivity index (χ4v) is 6.18. The molecule has 0 saturated carbocycles. The minimum Gasteiger partial charge on any atom is -0.507 e. The van der Waals surface area contributed by atoms with Gasteiger partial charge < -0.3 is 39.2 Å². The summed E-state index contributed by atoms with van der Waals surface area (Å²) in [6.45, 7) is 4.63. The van der Waals surface area contributed by atoms with Crippen molar-refractivity contribution in [1.82, 2.24) is 9.80 Å². The summed E-state index contributed by atoms with van der Waals surface area (Å²) in [5.41, 5.74) is 0.793. The molecule has 4 heterocycles. The third-order valence-corrected chi connectivity index (χ3v) is 8.25. The fraction of sp³-hybridized carbons (Fsp3) is 0.312. The van der Waals surface area contributed by atoms with E-state index in [-0.39, 0.29) is 46.2 Å². The van der Waals surface area contributed by atoms with Crippen LogP contribution in [0.5, 0.6) is 11.5 Å². The first-order chi connectivity index (χ1) is 21.5. The number of carbonyl (C=O) groups excluding carboxylic acids is 2. The number of ketones is 2. The van der Waals surface area contributed by atoms with E-state index in [9.17, 15) is 19.8 Å². The highest BCUT2D eigenvalue weighted by molar-refractivity contribution is 6.33. The van der Waals surface area contributed by atoms with Gasteiger partial charge in [0.1, 0.15) is 23.0 Å².